The van der Waals surface area contributed by atoms with E-state index in [0.717, 1.165) is 19.3 Å². The van der Waals surface area contributed by atoms with Crippen LogP contribution < -0.4 is 5.32 Å². The van der Waals surface area contributed by atoms with Crippen molar-refractivity contribution in [3.63, 3.8) is 0 Å². The normalized spacial score (nSPS) is 27.8. The Kier molecular flexibility index (Phi) is 4.04. The van der Waals surface area contributed by atoms with Crippen LogP contribution in [0.3, 0.4) is 0 Å². The molecule has 2 nitrogen and oxygen atoms in total. The minimum Gasteiger partial charge on any atom is -0.381 e. The van der Waals surface area contributed by atoms with Gasteiger partial charge in [-0.3, -0.25) is 0 Å². The molecule has 0 amide bonds. The maximum absolute atomic E-state index is 5.38. The van der Waals surface area contributed by atoms with Gasteiger partial charge in [-0.25, -0.2) is 0 Å². The molecule has 1 saturated carbocycles. The Morgan fingerprint density at radius 1 is 1.13 bits per heavy atom. The van der Waals surface area contributed by atoms with E-state index in [2.05, 4.69) is 12.2 Å². The Morgan fingerprint density at radius 3 is 2.47 bits per heavy atom. The Hall–Kier alpha value is -0.0800. The number of nitrogens with one attached hydrogen (secondary N) is 1. The highest BCUT2D eigenvalue weighted by molar-refractivity contribution is 4.82. The van der Waals surface area contributed by atoms with Gasteiger partial charge in [-0.15, -0.1) is 0 Å². The largest absolute Gasteiger partial charge is 0.381 e. The van der Waals surface area contributed by atoms with Crippen molar-refractivity contribution in [3.05, 3.63) is 0 Å². The smallest absolute Gasteiger partial charge is 0.0480 e. The molecule has 0 spiro atoms. The van der Waals surface area contributed by atoms with Crippen molar-refractivity contribution in [2.24, 2.45) is 5.41 Å². The van der Waals surface area contributed by atoms with Crippen LogP contribution in [-0.2, 0) is 4.74 Å². The fourth-order valence-corrected chi connectivity index (χ4v) is 2.87. The minimum absolute atomic E-state index is 0.580. The predicted molar refractivity (Wildman–Crippen MR) is 63.0 cm³/mol. The maximum Gasteiger partial charge on any atom is 0.0480 e. The first-order valence-electron chi connectivity index (χ1n) is 6.60. The van der Waals surface area contributed by atoms with Crippen molar-refractivity contribution in [1.29, 1.82) is 0 Å². The molecule has 1 heterocycles. The van der Waals surface area contributed by atoms with Gasteiger partial charge in [0.15, 0.2) is 0 Å². The predicted octanol–water partition coefficient (Wildman–Crippen LogP) is 2.73. The van der Waals surface area contributed by atoms with E-state index in [9.17, 15) is 0 Å². The van der Waals surface area contributed by atoms with Gasteiger partial charge in [-0.1, -0.05) is 26.2 Å². The zero-order valence-electron chi connectivity index (χ0n) is 10.1. The lowest BCUT2D eigenvalue weighted by atomic mass is 9.75. The third-order valence-electron chi connectivity index (χ3n) is 4.10. The number of rotatable bonds is 3. The summed E-state index contributed by atoms with van der Waals surface area (Å²) in [6.45, 7) is 5.58. The van der Waals surface area contributed by atoms with E-state index in [-0.39, 0.29) is 0 Å². The van der Waals surface area contributed by atoms with Crippen molar-refractivity contribution in [3.8, 4) is 0 Å². The lowest BCUT2D eigenvalue weighted by molar-refractivity contribution is 0.0724. The van der Waals surface area contributed by atoms with Gasteiger partial charge < -0.3 is 10.1 Å². The fraction of sp³-hybridized carbons (Fsp3) is 1.00. The molecule has 1 saturated heterocycles. The molecule has 0 radical (unpaired) electrons. The zero-order valence-corrected chi connectivity index (χ0v) is 10.1. The van der Waals surface area contributed by atoms with E-state index >= 15 is 0 Å². The van der Waals surface area contributed by atoms with Crippen LogP contribution in [0, 0.1) is 5.41 Å². The highest BCUT2D eigenvalue weighted by Gasteiger charge is 2.27. The molecule has 2 fully saturated rings. The quantitative estimate of drug-likeness (QED) is 0.775. The van der Waals surface area contributed by atoms with Crippen molar-refractivity contribution >= 4 is 0 Å². The molecule has 2 rings (SSSR count). The molecular formula is C13H25NO. The van der Waals surface area contributed by atoms with Crippen LogP contribution in [0.5, 0.6) is 0 Å². The van der Waals surface area contributed by atoms with Crippen molar-refractivity contribution in [2.75, 3.05) is 19.8 Å². The zero-order chi connectivity index (χ0) is 10.6. The summed E-state index contributed by atoms with van der Waals surface area (Å²) >= 11 is 0. The second-order valence-electron chi connectivity index (χ2n) is 5.64. The van der Waals surface area contributed by atoms with Crippen LogP contribution in [0.4, 0.5) is 0 Å². The van der Waals surface area contributed by atoms with Crippen LogP contribution in [0.2, 0.25) is 0 Å². The Bertz CT molecular complexity index is 181. The Morgan fingerprint density at radius 2 is 1.80 bits per heavy atom. The summed E-state index contributed by atoms with van der Waals surface area (Å²) in [7, 11) is 0. The molecule has 1 N–H and O–H groups in total. The summed E-state index contributed by atoms with van der Waals surface area (Å²) < 4.78 is 5.38. The molecular weight excluding hydrogens is 186 g/mol. The van der Waals surface area contributed by atoms with Crippen molar-refractivity contribution in [2.45, 2.75) is 57.9 Å². The summed E-state index contributed by atoms with van der Waals surface area (Å²) in [6.07, 6.45) is 9.57. The van der Waals surface area contributed by atoms with Crippen LogP contribution in [0.25, 0.3) is 0 Å². The van der Waals surface area contributed by atoms with E-state index < -0.39 is 0 Å². The number of hydrogen-bond acceptors (Lipinski definition) is 2. The van der Waals surface area contributed by atoms with Gasteiger partial charge >= 0.3 is 0 Å². The molecule has 88 valence electrons. The molecule has 0 bridgehead atoms. The van der Waals surface area contributed by atoms with E-state index in [0.29, 0.717) is 5.41 Å². The van der Waals surface area contributed by atoms with Gasteiger partial charge in [-0.05, 0) is 31.1 Å². The molecule has 0 aromatic carbocycles. The van der Waals surface area contributed by atoms with Crippen LogP contribution >= 0.6 is 0 Å². The van der Waals surface area contributed by atoms with Crippen LogP contribution in [0.1, 0.15) is 51.9 Å². The first kappa shape index (κ1) is 11.4. The maximum atomic E-state index is 5.38. The molecule has 2 heteroatoms. The second kappa shape index (κ2) is 5.31. The third-order valence-corrected chi connectivity index (χ3v) is 4.10. The SMILES string of the molecule is CC1(CNC2CCOCC2)CCCCC1. The van der Waals surface area contributed by atoms with E-state index in [4.69, 9.17) is 4.74 Å². The summed E-state index contributed by atoms with van der Waals surface area (Å²) in [5.74, 6) is 0. The molecule has 0 aromatic rings. The molecule has 0 aromatic heterocycles. The fourth-order valence-electron chi connectivity index (χ4n) is 2.87. The molecule has 2 aliphatic rings. The molecule has 0 atom stereocenters. The van der Waals surface area contributed by atoms with Gasteiger partial charge in [0.25, 0.3) is 0 Å². The highest BCUT2D eigenvalue weighted by atomic mass is 16.5. The summed E-state index contributed by atoms with van der Waals surface area (Å²) in [6, 6.07) is 0.720. The number of ether oxygens (including phenoxy) is 1. The minimum atomic E-state index is 0.580. The van der Waals surface area contributed by atoms with Gasteiger partial charge in [0.1, 0.15) is 0 Å². The van der Waals surface area contributed by atoms with E-state index in [1.54, 1.807) is 0 Å². The van der Waals surface area contributed by atoms with E-state index in [1.807, 2.05) is 0 Å². The standard InChI is InChI=1S/C13H25NO/c1-13(7-3-2-4-8-13)11-14-12-5-9-15-10-6-12/h12,14H,2-11H2,1H3. The molecule has 1 aliphatic heterocycles. The first-order chi connectivity index (χ1) is 7.29. The third kappa shape index (κ3) is 3.46. The lowest BCUT2D eigenvalue weighted by Crippen LogP contribution is -2.41. The summed E-state index contributed by atoms with van der Waals surface area (Å²) in [5, 5.41) is 3.75. The van der Waals surface area contributed by atoms with Gasteiger partial charge in [-0.2, -0.15) is 0 Å². The Balaban J connectivity index is 1.70. The lowest BCUT2D eigenvalue weighted by Gasteiger charge is -2.36. The van der Waals surface area contributed by atoms with Gasteiger partial charge in [0.05, 0.1) is 0 Å². The van der Waals surface area contributed by atoms with Gasteiger partial charge in [0, 0.05) is 25.8 Å². The molecule has 0 unspecified atom stereocenters. The molecule has 1 aliphatic carbocycles. The monoisotopic (exact) mass is 211 g/mol. The van der Waals surface area contributed by atoms with Crippen molar-refractivity contribution in [1.82, 2.24) is 5.32 Å². The average molecular weight is 211 g/mol. The highest BCUT2D eigenvalue weighted by Crippen LogP contribution is 2.35. The second-order valence-corrected chi connectivity index (χ2v) is 5.64. The first-order valence-corrected chi connectivity index (χ1v) is 6.60. The summed E-state index contributed by atoms with van der Waals surface area (Å²) in [5.41, 5.74) is 0.580. The Labute approximate surface area is 93.8 Å². The van der Waals surface area contributed by atoms with Gasteiger partial charge in [0.2, 0.25) is 0 Å². The van der Waals surface area contributed by atoms with Crippen LogP contribution in [-0.4, -0.2) is 25.8 Å². The number of hydrogen-bond donors (Lipinski definition) is 1. The van der Waals surface area contributed by atoms with Crippen molar-refractivity contribution < 1.29 is 4.74 Å². The van der Waals surface area contributed by atoms with E-state index in [1.165, 1.54) is 51.5 Å². The topological polar surface area (TPSA) is 21.3 Å². The average Bonchev–Trinajstić information content (AvgIpc) is 2.29. The van der Waals surface area contributed by atoms with Crippen LogP contribution in [0.15, 0.2) is 0 Å². The molecule has 15 heavy (non-hydrogen) atoms. The summed E-state index contributed by atoms with van der Waals surface area (Å²) in [4.78, 5) is 0.